The Morgan fingerprint density at radius 3 is 1.17 bits per heavy atom. The fourth-order valence-electron chi connectivity index (χ4n) is 5.51. The zero-order chi connectivity index (χ0) is 20.7. The number of benzene rings is 1. The van der Waals surface area contributed by atoms with Crippen molar-refractivity contribution in [2.45, 2.75) is 113 Å². The zero-order valence-electron chi connectivity index (χ0n) is 18.0. The summed E-state index contributed by atoms with van der Waals surface area (Å²) in [5.41, 5.74) is 4.64. The first-order valence-corrected chi connectivity index (χ1v) is 17.8. The quantitative estimate of drug-likeness (QED) is 0.202. The van der Waals surface area contributed by atoms with Crippen molar-refractivity contribution in [1.82, 2.24) is 0 Å². The first-order chi connectivity index (χ1) is 14.3. The van der Waals surface area contributed by atoms with Crippen LogP contribution in [-0.4, -0.2) is 17.0 Å². The standard InChI is InChI=1S/C18H33P.C7H7.2ClH.Ru/c1-4-10-16(11-5-1)19(17-12-6-2-7-13-17)18-14-8-3-9-15-18;1-7-5-3-2-4-6-7;;;/h16-18H,1-15H2;2-6H,1H2;2*1H;/q;-1;;;+2/p-2. The topological polar surface area (TPSA) is 0 Å². The second-order valence-corrected chi connectivity index (χ2v) is 14.6. The fraction of sp³-hybridized carbons (Fsp3) is 0.720. The van der Waals surface area contributed by atoms with E-state index in [0.717, 1.165) is 5.56 Å². The first kappa shape index (κ1) is 26.0. The van der Waals surface area contributed by atoms with Crippen LogP contribution < -0.4 is 0 Å². The molecule has 0 amide bonds. The summed E-state index contributed by atoms with van der Waals surface area (Å²) in [5, 5.41) is 0. The van der Waals surface area contributed by atoms with Crippen molar-refractivity contribution in [3.8, 4) is 0 Å². The van der Waals surface area contributed by atoms with Gasteiger partial charge < -0.3 is 0 Å². The van der Waals surface area contributed by atoms with Gasteiger partial charge in [0.15, 0.2) is 0 Å². The average molecular weight is 544 g/mol. The summed E-state index contributed by atoms with van der Waals surface area (Å²) in [5.74, 6) is 0. The molecule has 0 unspecified atom stereocenters. The monoisotopic (exact) mass is 543 g/mol. The summed E-state index contributed by atoms with van der Waals surface area (Å²) in [6, 6.07) is 9.87. The number of halogens is 2. The van der Waals surface area contributed by atoms with Crippen molar-refractivity contribution in [2.75, 3.05) is 0 Å². The minimum atomic E-state index is -0.346. The Bertz CT molecular complexity index is 452. The van der Waals surface area contributed by atoms with Gasteiger partial charge in [0.05, 0.1) is 0 Å². The molecule has 4 rings (SSSR count). The Labute approximate surface area is 197 Å². The molecular weight excluding hydrogens is 503 g/mol. The van der Waals surface area contributed by atoms with Crippen molar-refractivity contribution >= 4 is 27.3 Å². The van der Waals surface area contributed by atoms with Gasteiger partial charge in [-0.15, -0.1) is 12.1 Å². The van der Waals surface area contributed by atoms with Crippen LogP contribution in [0.4, 0.5) is 0 Å². The second-order valence-electron chi connectivity index (χ2n) is 8.86. The zero-order valence-corrected chi connectivity index (χ0v) is 22.1. The molecule has 0 spiro atoms. The summed E-state index contributed by atoms with van der Waals surface area (Å²) in [6.45, 7) is 3.72. The Kier molecular flexibility index (Phi) is 14.7. The van der Waals surface area contributed by atoms with E-state index in [1.807, 2.05) is 30.3 Å². The normalized spacial score (nSPS) is 21.8. The number of hydrogen-bond acceptors (Lipinski definition) is 0. The molecule has 0 aromatic heterocycles. The molecule has 0 atom stereocenters. The van der Waals surface area contributed by atoms with Crippen molar-refractivity contribution in [3.63, 3.8) is 0 Å². The van der Waals surface area contributed by atoms with Gasteiger partial charge in [0.1, 0.15) is 0 Å². The predicted octanol–water partition coefficient (Wildman–Crippen LogP) is 9.71. The predicted molar refractivity (Wildman–Crippen MR) is 130 cm³/mol. The van der Waals surface area contributed by atoms with Crippen LogP contribution in [0.1, 0.15) is 102 Å². The Balaban J connectivity index is 0.000000250. The molecule has 0 aliphatic heterocycles. The van der Waals surface area contributed by atoms with Crippen molar-refractivity contribution in [3.05, 3.63) is 42.8 Å². The molecule has 0 heterocycles. The van der Waals surface area contributed by atoms with E-state index in [4.69, 9.17) is 19.4 Å². The molecular formula is C25H40Cl2PRu-. The first-order valence-electron chi connectivity index (χ1n) is 11.8. The van der Waals surface area contributed by atoms with E-state index < -0.39 is 0 Å². The van der Waals surface area contributed by atoms with Gasteiger partial charge in [-0.2, -0.15) is 24.6 Å². The van der Waals surface area contributed by atoms with Crippen LogP contribution in [0.15, 0.2) is 30.3 Å². The van der Waals surface area contributed by atoms with Gasteiger partial charge in [-0.1, -0.05) is 71.8 Å². The van der Waals surface area contributed by atoms with E-state index in [0.29, 0.717) is 7.92 Å². The molecule has 3 aliphatic rings. The van der Waals surface area contributed by atoms with E-state index in [9.17, 15) is 0 Å². The van der Waals surface area contributed by atoms with Gasteiger partial charge in [0.25, 0.3) is 0 Å². The van der Waals surface area contributed by atoms with Gasteiger partial charge in [0.2, 0.25) is 0 Å². The third kappa shape index (κ3) is 10.3. The van der Waals surface area contributed by atoms with Gasteiger partial charge in [-0.05, 0) is 55.5 Å². The maximum absolute atomic E-state index is 4.85. The molecule has 0 bridgehead atoms. The molecule has 3 fully saturated rings. The van der Waals surface area contributed by atoms with Crippen LogP contribution in [0.25, 0.3) is 0 Å². The summed E-state index contributed by atoms with van der Waals surface area (Å²) >= 11 is -0.346. The van der Waals surface area contributed by atoms with Crippen LogP contribution in [0.5, 0.6) is 0 Å². The van der Waals surface area contributed by atoms with Gasteiger partial charge in [-0.3, -0.25) is 0 Å². The molecule has 1 aromatic rings. The summed E-state index contributed by atoms with van der Waals surface area (Å²) < 4.78 is 0. The second kappa shape index (κ2) is 16.4. The van der Waals surface area contributed by atoms with E-state index >= 15 is 0 Å². The van der Waals surface area contributed by atoms with Gasteiger partial charge in [0, 0.05) is 0 Å². The van der Waals surface area contributed by atoms with Crippen LogP contribution in [0.3, 0.4) is 0 Å². The van der Waals surface area contributed by atoms with E-state index in [2.05, 4.69) is 6.92 Å². The van der Waals surface area contributed by atoms with Crippen molar-refractivity contribution in [2.24, 2.45) is 0 Å². The van der Waals surface area contributed by atoms with Crippen LogP contribution in [-0.2, 0) is 15.1 Å². The Morgan fingerprint density at radius 2 is 0.931 bits per heavy atom. The van der Waals surface area contributed by atoms with Gasteiger partial charge >= 0.3 is 34.5 Å². The van der Waals surface area contributed by atoms with Crippen molar-refractivity contribution in [1.29, 1.82) is 0 Å². The fourth-order valence-corrected chi connectivity index (χ4v) is 10.2. The van der Waals surface area contributed by atoms with E-state index in [1.54, 1.807) is 77.0 Å². The van der Waals surface area contributed by atoms with E-state index in [-0.39, 0.29) is 15.1 Å². The molecule has 0 N–H and O–H groups in total. The molecule has 4 heteroatoms. The molecule has 0 saturated heterocycles. The van der Waals surface area contributed by atoms with Crippen LogP contribution in [0.2, 0.25) is 0 Å². The third-order valence-corrected chi connectivity index (χ3v) is 10.9. The number of hydrogen-bond donors (Lipinski definition) is 0. The summed E-state index contributed by atoms with van der Waals surface area (Å²) in [4.78, 5) is 0. The molecule has 168 valence electrons. The SMILES string of the molecule is C1CCC(P(C2CCCCC2)C2CCCCC2)CC1.[CH2-]c1ccccc1.[Cl][Ru][Cl]. The molecule has 0 radical (unpaired) electrons. The van der Waals surface area contributed by atoms with Gasteiger partial charge in [-0.25, -0.2) is 0 Å². The molecule has 3 saturated carbocycles. The molecule has 1 aromatic carbocycles. The van der Waals surface area contributed by atoms with Crippen LogP contribution >= 0.6 is 27.3 Å². The minimum absolute atomic E-state index is 0.346. The van der Waals surface area contributed by atoms with Crippen LogP contribution in [0, 0.1) is 6.92 Å². The number of rotatable bonds is 3. The average Bonchev–Trinajstić information content (AvgIpc) is 2.78. The third-order valence-electron chi connectivity index (χ3n) is 6.83. The summed E-state index contributed by atoms with van der Waals surface area (Å²) in [7, 11) is 10.1. The van der Waals surface area contributed by atoms with E-state index in [1.165, 1.54) is 36.2 Å². The molecule has 3 aliphatic carbocycles. The maximum atomic E-state index is 4.85. The Morgan fingerprint density at radius 1 is 0.621 bits per heavy atom. The summed E-state index contributed by atoms with van der Waals surface area (Å²) in [6.07, 6.45) is 23.6. The Hall–Kier alpha value is 0.723. The van der Waals surface area contributed by atoms with Crippen molar-refractivity contribution < 1.29 is 15.1 Å². The molecule has 29 heavy (non-hydrogen) atoms. The molecule has 0 nitrogen and oxygen atoms in total.